The smallest absolute Gasteiger partial charge is 0.336 e. The Morgan fingerprint density at radius 2 is 2.09 bits per heavy atom. The largest absolute Gasteiger partial charge is 0.484 e. The Morgan fingerprint density at radius 1 is 1.36 bits per heavy atom. The van der Waals surface area contributed by atoms with E-state index >= 15 is 0 Å². The van der Waals surface area contributed by atoms with E-state index in [0.717, 1.165) is 10.9 Å². The van der Waals surface area contributed by atoms with Crippen molar-refractivity contribution in [2.24, 2.45) is 0 Å². The number of carboxylic acid groups (broad SMARTS) is 1. The zero-order valence-corrected chi connectivity index (χ0v) is 12.1. The highest BCUT2D eigenvalue weighted by Crippen LogP contribution is 2.22. The number of hydrogen-bond donors (Lipinski definition) is 2. The van der Waals surface area contributed by atoms with Gasteiger partial charge in [0.1, 0.15) is 17.4 Å². The summed E-state index contributed by atoms with van der Waals surface area (Å²) in [5, 5.41) is 11.7. The second-order valence-electron chi connectivity index (χ2n) is 4.82. The molecule has 0 saturated carbocycles. The maximum Gasteiger partial charge on any atom is 0.336 e. The van der Waals surface area contributed by atoms with E-state index < -0.39 is 23.5 Å². The molecule has 1 amide bonds. The summed E-state index contributed by atoms with van der Waals surface area (Å²) >= 11 is 0. The average molecular weight is 305 g/mol. The molecule has 1 atom stereocenters. The van der Waals surface area contributed by atoms with Crippen LogP contribution in [0.3, 0.4) is 0 Å². The minimum atomic E-state index is -1.13. The van der Waals surface area contributed by atoms with E-state index in [1.807, 2.05) is 0 Å². The lowest BCUT2D eigenvalue weighted by molar-refractivity contribution is -0.141. The molecule has 1 aromatic carbocycles. The molecule has 0 bridgehead atoms. The first-order valence-corrected chi connectivity index (χ1v) is 6.56. The molecule has 0 aliphatic rings. The van der Waals surface area contributed by atoms with Gasteiger partial charge in [0, 0.05) is 17.5 Å². The summed E-state index contributed by atoms with van der Waals surface area (Å²) < 4.78 is 10.3. The van der Waals surface area contributed by atoms with E-state index in [1.54, 1.807) is 19.1 Å². The van der Waals surface area contributed by atoms with Gasteiger partial charge >= 0.3 is 11.6 Å². The van der Waals surface area contributed by atoms with Crippen LogP contribution in [0.5, 0.6) is 5.75 Å². The molecule has 2 N–H and O–H groups in total. The number of fused-ring (bicyclic) bond motifs is 1. The molecule has 0 fully saturated rings. The van der Waals surface area contributed by atoms with Crippen LogP contribution in [-0.4, -0.2) is 29.6 Å². The summed E-state index contributed by atoms with van der Waals surface area (Å²) in [5.41, 5.74) is 0.683. The summed E-state index contributed by atoms with van der Waals surface area (Å²) in [7, 11) is 0. The summed E-state index contributed by atoms with van der Waals surface area (Å²) in [6.07, 6.45) is 0. The Hall–Kier alpha value is -2.83. The van der Waals surface area contributed by atoms with Gasteiger partial charge in [0.15, 0.2) is 6.61 Å². The fraction of sp³-hybridized carbons (Fsp3) is 0.267. The molecule has 2 aromatic rings. The lowest BCUT2D eigenvalue weighted by atomic mass is 10.1. The van der Waals surface area contributed by atoms with Gasteiger partial charge in [-0.1, -0.05) is 0 Å². The minimum absolute atomic E-state index is 0.334. The van der Waals surface area contributed by atoms with Crippen LogP contribution >= 0.6 is 0 Å². The average Bonchev–Trinajstić information content (AvgIpc) is 2.44. The number of nitrogens with one attached hydrogen (secondary N) is 1. The van der Waals surface area contributed by atoms with Crippen molar-refractivity contribution in [2.45, 2.75) is 19.9 Å². The zero-order chi connectivity index (χ0) is 16.3. The number of aryl methyl sites for hydroxylation is 1. The van der Waals surface area contributed by atoms with E-state index in [4.69, 9.17) is 14.3 Å². The predicted octanol–water partition coefficient (Wildman–Crippen LogP) is 1.07. The van der Waals surface area contributed by atoms with Crippen LogP contribution in [0, 0.1) is 6.92 Å². The SMILES string of the molecule is Cc1cc(=O)oc2cc(OCC(=O)N[C@@H](C)C(=O)O)ccc12. The highest BCUT2D eigenvalue weighted by atomic mass is 16.5. The van der Waals surface area contributed by atoms with Crippen LogP contribution in [-0.2, 0) is 9.59 Å². The van der Waals surface area contributed by atoms with Crippen molar-refractivity contribution < 1.29 is 23.8 Å². The van der Waals surface area contributed by atoms with Crippen molar-refractivity contribution >= 4 is 22.8 Å². The van der Waals surface area contributed by atoms with Gasteiger partial charge in [-0.2, -0.15) is 0 Å². The summed E-state index contributed by atoms with van der Waals surface area (Å²) in [5.74, 6) is -1.34. The van der Waals surface area contributed by atoms with E-state index in [1.165, 1.54) is 19.1 Å². The fourth-order valence-corrected chi connectivity index (χ4v) is 1.89. The molecular weight excluding hydrogens is 290 g/mol. The van der Waals surface area contributed by atoms with Gasteiger partial charge in [0.25, 0.3) is 5.91 Å². The normalized spacial score (nSPS) is 11.9. The molecule has 0 radical (unpaired) electrons. The Kier molecular flexibility index (Phi) is 4.45. The van der Waals surface area contributed by atoms with Crippen LogP contribution in [0.4, 0.5) is 0 Å². The molecule has 7 heteroatoms. The monoisotopic (exact) mass is 305 g/mol. The number of amides is 1. The van der Waals surface area contributed by atoms with Crippen molar-refractivity contribution in [3.05, 3.63) is 40.2 Å². The summed E-state index contributed by atoms with van der Waals surface area (Å²) in [6, 6.07) is 5.28. The molecule has 116 valence electrons. The quantitative estimate of drug-likeness (QED) is 0.800. The number of benzene rings is 1. The predicted molar refractivity (Wildman–Crippen MR) is 78.0 cm³/mol. The first-order chi connectivity index (χ1) is 10.4. The van der Waals surface area contributed by atoms with Gasteiger partial charge in [-0.05, 0) is 31.5 Å². The third kappa shape index (κ3) is 3.63. The van der Waals surface area contributed by atoms with E-state index in [9.17, 15) is 14.4 Å². The van der Waals surface area contributed by atoms with E-state index in [-0.39, 0.29) is 6.61 Å². The first kappa shape index (κ1) is 15.6. The van der Waals surface area contributed by atoms with Gasteiger partial charge in [-0.25, -0.2) is 4.79 Å². The standard InChI is InChI=1S/C15H15NO6/c1-8-5-14(18)22-12-6-10(3-4-11(8)12)21-7-13(17)16-9(2)15(19)20/h3-6,9H,7H2,1-2H3,(H,16,17)(H,19,20)/t9-/m0/s1. The number of rotatable bonds is 5. The second kappa shape index (κ2) is 6.30. The topological polar surface area (TPSA) is 106 Å². The number of carbonyl (C=O) groups excluding carboxylic acids is 1. The molecule has 22 heavy (non-hydrogen) atoms. The van der Waals surface area contributed by atoms with Crippen LogP contribution in [0.1, 0.15) is 12.5 Å². The number of carbonyl (C=O) groups is 2. The summed E-state index contributed by atoms with van der Waals surface area (Å²) in [4.78, 5) is 33.5. The lowest BCUT2D eigenvalue weighted by Gasteiger charge is -2.10. The first-order valence-electron chi connectivity index (χ1n) is 6.56. The van der Waals surface area contributed by atoms with Gasteiger partial charge in [-0.3, -0.25) is 9.59 Å². The molecule has 7 nitrogen and oxygen atoms in total. The van der Waals surface area contributed by atoms with Crippen molar-refractivity contribution in [1.29, 1.82) is 0 Å². The van der Waals surface area contributed by atoms with Crippen LogP contribution in [0.25, 0.3) is 11.0 Å². The van der Waals surface area contributed by atoms with Crippen LogP contribution in [0.2, 0.25) is 0 Å². The number of aliphatic carboxylic acids is 1. The van der Waals surface area contributed by atoms with Crippen molar-refractivity contribution in [1.82, 2.24) is 5.32 Å². The van der Waals surface area contributed by atoms with Gasteiger partial charge in [0.2, 0.25) is 0 Å². The van der Waals surface area contributed by atoms with E-state index in [2.05, 4.69) is 5.32 Å². The van der Waals surface area contributed by atoms with Gasteiger partial charge in [0.05, 0.1) is 0 Å². The molecule has 0 aliphatic carbocycles. The van der Waals surface area contributed by atoms with Gasteiger partial charge in [-0.15, -0.1) is 0 Å². The number of ether oxygens (including phenoxy) is 1. The maximum atomic E-state index is 11.5. The van der Waals surface area contributed by atoms with Crippen LogP contribution < -0.4 is 15.7 Å². The maximum absolute atomic E-state index is 11.5. The summed E-state index contributed by atoms with van der Waals surface area (Å²) in [6.45, 7) is 2.81. The van der Waals surface area contributed by atoms with Crippen LogP contribution in [0.15, 0.2) is 33.5 Å². The molecular formula is C15H15NO6. The fourth-order valence-electron chi connectivity index (χ4n) is 1.89. The third-order valence-corrected chi connectivity index (χ3v) is 3.04. The van der Waals surface area contributed by atoms with Crippen molar-refractivity contribution in [2.75, 3.05) is 6.61 Å². The van der Waals surface area contributed by atoms with Gasteiger partial charge < -0.3 is 19.6 Å². The minimum Gasteiger partial charge on any atom is -0.484 e. The zero-order valence-electron chi connectivity index (χ0n) is 12.1. The molecule has 1 heterocycles. The number of hydrogen-bond acceptors (Lipinski definition) is 5. The lowest BCUT2D eigenvalue weighted by Crippen LogP contribution is -2.40. The second-order valence-corrected chi connectivity index (χ2v) is 4.82. The highest BCUT2D eigenvalue weighted by Gasteiger charge is 2.14. The molecule has 0 unspecified atom stereocenters. The molecule has 0 spiro atoms. The highest BCUT2D eigenvalue weighted by molar-refractivity contribution is 5.84. The Bertz CT molecular complexity index is 779. The Balaban J connectivity index is 2.08. The third-order valence-electron chi connectivity index (χ3n) is 3.04. The Labute approximate surface area is 125 Å². The van der Waals surface area contributed by atoms with Crippen molar-refractivity contribution in [3.8, 4) is 5.75 Å². The molecule has 0 aliphatic heterocycles. The molecule has 1 aromatic heterocycles. The van der Waals surface area contributed by atoms with E-state index in [0.29, 0.717) is 11.3 Å². The number of carboxylic acids is 1. The molecule has 2 rings (SSSR count). The Morgan fingerprint density at radius 3 is 2.77 bits per heavy atom. The van der Waals surface area contributed by atoms with Crippen molar-refractivity contribution in [3.63, 3.8) is 0 Å². The molecule has 0 saturated heterocycles.